The van der Waals surface area contributed by atoms with Gasteiger partial charge in [-0.25, -0.2) is 4.39 Å². The summed E-state index contributed by atoms with van der Waals surface area (Å²) in [6.45, 7) is 4.23. The Labute approximate surface area is 122 Å². The van der Waals surface area contributed by atoms with E-state index in [9.17, 15) is 14.5 Å². The third-order valence-electron chi connectivity index (χ3n) is 3.27. The highest BCUT2D eigenvalue weighted by Crippen LogP contribution is 2.23. The molecule has 0 atom stereocenters. The van der Waals surface area contributed by atoms with Crippen molar-refractivity contribution in [3.63, 3.8) is 0 Å². The Hall–Kier alpha value is -2.34. The maximum Gasteiger partial charge on any atom is 0.278 e. The Kier molecular flexibility index (Phi) is 4.59. The van der Waals surface area contributed by atoms with Crippen LogP contribution >= 0.6 is 0 Å². The molecule has 0 aliphatic heterocycles. The monoisotopic (exact) mass is 289 g/mol. The third-order valence-corrected chi connectivity index (χ3v) is 3.27. The highest BCUT2D eigenvalue weighted by molar-refractivity contribution is 5.47. The van der Waals surface area contributed by atoms with Crippen LogP contribution in [0.4, 0.5) is 10.1 Å². The van der Waals surface area contributed by atoms with E-state index in [0.717, 1.165) is 5.56 Å². The van der Waals surface area contributed by atoms with E-state index in [1.165, 1.54) is 18.3 Å². The van der Waals surface area contributed by atoms with Crippen molar-refractivity contribution in [1.29, 1.82) is 0 Å². The van der Waals surface area contributed by atoms with Crippen LogP contribution in [0.25, 0.3) is 0 Å². The van der Waals surface area contributed by atoms with Crippen molar-refractivity contribution in [3.05, 3.63) is 68.8 Å². The van der Waals surface area contributed by atoms with Crippen LogP contribution in [0.3, 0.4) is 0 Å². The minimum Gasteiger partial charge on any atom is -0.307 e. The molecule has 6 heteroatoms. The predicted octanol–water partition coefficient (Wildman–Crippen LogP) is 3.04. The number of hydrogen-bond acceptors (Lipinski definition) is 4. The zero-order valence-corrected chi connectivity index (χ0v) is 11.9. The number of nitro groups is 1. The largest absolute Gasteiger partial charge is 0.307 e. The Bertz CT molecular complexity index is 674. The molecule has 0 fully saturated rings. The van der Waals surface area contributed by atoms with Crippen molar-refractivity contribution in [3.8, 4) is 0 Å². The Morgan fingerprint density at radius 3 is 2.76 bits per heavy atom. The number of halogens is 1. The molecule has 0 saturated heterocycles. The van der Waals surface area contributed by atoms with E-state index in [2.05, 4.69) is 10.3 Å². The van der Waals surface area contributed by atoms with Gasteiger partial charge in [0.15, 0.2) is 0 Å². The second kappa shape index (κ2) is 6.41. The number of pyridine rings is 1. The second-order valence-electron chi connectivity index (χ2n) is 4.85. The molecule has 0 unspecified atom stereocenters. The quantitative estimate of drug-likeness (QED) is 0.678. The molecule has 0 radical (unpaired) electrons. The molecule has 0 bridgehead atoms. The molecule has 0 spiro atoms. The molecule has 1 aromatic carbocycles. The third kappa shape index (κ3) is 3.61. The molecular formula is C15H16FN3O2. The summed E-state index contributed by atoms with van der Waals surface area (Å²) in [5.74, 6) is -0.283. The lowest BCUT2D eigenvalue weighted by molar-refractivity contribution is -0.386. The molecule has 2 aromatic rings. The van der Waals surface area contributed by atoms with Gasteiger partial charge in [-0.2, -0.15) is 0 Å². The maximum atomic E-state index is 13.1. The first kappa shape index (κ1) is 15.1. The summed E-state index contributed by atoms with van der Waals surface area (Å²) in [6.07, 6.45) is 1.50. The molecule has 1 heterocycles. The Morgan fingerprint density at radius 2 is 2.10 bits per heavy atom. The zero-order valence-electron chi connectivity index (χ0n) is 11.9. The van der Waals surface area contributed by atoms with E-state index in [4.69, 9.17) is 0 Å². The van der Waals surface area contributed by atoms with Crippen LogP contribution in [0.5, 0.6) is 0 Å². The molecule has 0 aliphatic rings. The van der Waals surface area contributed by atoms with E-state index in [-0.39, 0.29) is 16.4 Å². The number of benzene rings is 1. The van der Waals surface area contributed by atoms with Crippen molar-refractivity contribution in [2.75, 3.05) is 0 Å². The van der Waals surface area contributed by atoms with Crippen LogP contribution in [-0.4, -0.2) is 9.91 Å². The summed E-state index contributed by atoms with van der Waals surface area (Å²) >= 11 is 0. The van der Waals surface area contributed by atoms with Gasteiger partial charge in [0.25, 0.3) is 5.69 Å². The van der Waals surface area contributed by atoms with Crippen molar-refractivity contribution in [2.24, 2.45) is 0 Å². The first-order chi connectivity index (χ1) is 9.99. The van der Waals surface area contributed by atoms with Crippen LogP contribution in [-0.2, 0) is 13.1 Å². The summed E-state index contributed by atoms with van der Waals surface area (Å²) in [6, 6.07) is 6.30. The van der Waals surface area contributed by atoms with Crippen LogP contribution < -0.4 is 5.32 Å². The standard InChI is InChI=1S/C15H16FN3O2/c1-10-7-18-14(11(2)15(10)19(20)21)9-17-8-12-4-3-5-13(16)6-12/h3-7,17H,8-9H2,1-2H3. The summed E-state index contributed by atoms with van der Waals surface area (Å²) in [5.41, 5.74) is 2.66. The van der Waals surface area contributed by atoms with Crippen molar-refractivity contribution >= 4 is 5.69 Å². The van der Waals surface area contributed by atoms with Gasteiger partial charge in [-0.1, -0.05) is 12.1 Å². The summed E-state index contributed by atoms with van der Waals surface area (Å²) in [7, 11) is 0. The molecule has 1 aromatic heterocycles. The molecule has 2 rings (SSSR count). The number of nitrogens with zero attached hydrogens (tertiary/aromatic N) is 2. The van der Waals surface area contributed by atoms with E-state index < -0.39 is 0 Å². The van der Waals surface area contributed by atoms with Crippen LogP contribution in [0.15, 0.2) is 30.5 Å². The van der Waals surface area contributed by atoms with Crippen molar-refractivity contribution < 1.29 is 9.31 Å². The van der Waals surface area contributed by atoms with Gasteiger partial charge in [-0.3, -0.25) is 15.1 Å². The summed E-state index contributed by atoms with van der Waals surface area (Å²) < 4.78 is 13.1. The first-order valence-corrected chi connectivity index (χ1v) is 6.53. The van der Waals surface area contributed by atoms with Gasteiger partial charge >= 0.3 is 0 Å². The van der Waals surface area contributed by atoms with Gasteiger partial charge in [0.05, 0.1) is 10.6 Å². The molecule has 0 saturated carbocycles. The lowest BCUT2D eigenvalue weighted by Gasteiger charge is -2.09. The van der Waals surface area contributed by atoms with Crippen LogP contribution in [0.1, 0.15) is 22.4 Å². The first-order valence-electron chi connectivity index (χ1n) is 6.53. The Balaban J connectivity index is 2.07. The van der Waals surface area contributed by atoms with Gasteiger partial charge in [0, 0.05) is 30.4 Å². The van der Waals surface area contributed by atoms with Gasteiger partial charge in [0.1, 0.15) is 5.82 Å². The van der Waals surface area contributed by atoms with Gasteiger partial charge in [-0.05, 0) is 31.5 Å². The van der Waals surface area contributed by atoms with Gasteiger partial charge in [-0.15, -0.1) is 0 Å². The number of hydrogen-bond donors (Lipinski definition) is 1. The minimum absolute atomic E-state index is 0.104. The molecule has 21 heavy (non-hydrogen) atoms. The molecule has 0 amide bonds. The normalized spacial score (nSPS) is 10.6. The molecule has 0 aliphatic carbocycles. The van der Waals surface area contributed by atoms with E-state index >= 15 is 0 Å². The number of aryl methyl sites for hydroxylation is 1. The average molecular weight is 289 g/mol. The summed E-state index contributed by atoms with van der Waals surface area (Å²) in [4.78, 5) is 14.9. The second-order valence-corrected chi connectivity index (χ2v) is 4.85. The number of rotatable bonds is 5. The van der Waals surface area contributed by atoms with Crippen LogP contribution in [0.2, 0.25) is 0 Å². The SMILES string of the molecule is Cc1cnc(CNCc2cccc(F)c2)c(C)c1[N+](=O)[O-]. The molecule has 5 nitrogen and oxygen atoms in total. The van der Waals surface area contributed by atoms with Gasteiger partial charge in [0.2, 0.25) is 0 Å². The lowest BCUT2D eigenvalue weighted by Crippen LogP contribution is -2.15. The van der Waals surface area contributed by atoms with E-state index in [1.807, 2.05) is 6.07 Å². The number of nitrogens with one attached hydrogen (secondary N) is 1. The summed E-state index contributed by atoms with van der Waals surface area (Å²) in [5, 5.41) is 14.2. The highest BCUT2D eigenvalue weighted by atomic mass is 19.1. The van der Waals surface area contributed by atoms with E-state index in [1.54, 1.807) is 19.9 Å². The van der Waals surface area contributed by atoms with Crippen molar-refractivity contribution in [2.45, 2.75) is 26.9 Å². The average Bonchev–Trinajstić information content (AvgIpc) is 2.41. The predicted molar refractivity (Wildman–Crippen MR) is 77.3 cm³/mol. The molecule has 1 N–H and O–H groups in total. The van der Waals surface area contributed by atoms with Crippen molar-refractivity contribution in [1.82, 2.24) is 10.3 Å². The highest BCUT2D eigenvalue weighted by Gasteiger charge is 2.18. The fourth-order valence-electron chi connectivity index (χ4n) is 2.20. The lowest BCUT2D eigenvalue weighted by atomic mass is 10.1. The fourth-order valence-corrected chi connectivity index (χ4v) is 2.20. The minimum atomic E-state index is -0.386. The zero-order chi connectivity index (χ0) is 15.4. The maximum absolute atomic E-state index is 13.1. The topological polar surface area (TPSA) is 68.1 Å². The fraction of sp³-hybridized carbons (Fsp3) is 0.267. The van der Waals surface area contributed by atoms with Gasteiger partial charge < -0.3 is 5.32 Å². The molecule has 110 valence electrons. The Morgan fingerprint density at radius 1 is 1.33 bits per heavy atom. The van der Waals surface area contributed by atoms with E-state index in [0.29, 0.717) is 29.9 Å². The smallest absolute Gasteiger partial charge is 0.278 e. The van der Waals surface area contributed by atoms with Crippen LogP contribution in [0, 0.1) is 29.8 Å². The number of aromatic nitrogens is 1. The molecular weight excluding hydrogens is 273 g/mol.